The summed E-state index contributed by atoms with van der Waals surface area (Å²) < 4.78 is 3.96. The first-order valence-electron chi connectivity index (χ1n) is 9.14. The highest BCUT2D eigenvalue weighted by molar-refractivity contribution is 5.89. The minimum absolute atomic E-state index is 0.579. The monoisotopic (exact) mass is 363 g/mol. The summed E-state index contributed by atoms with van der Waals surface area (Å²) in [4.78, 5) is 4.55. The van der Waals surface area contributed by atoms with E-state index in [9.17, 15) is 0 Å². The van der Waals surface area contributed by atoms with Gasteiger partial charge in [-0.15, -0.1) is 0 Å². The van der Waals surface area contributed by atoms with Crippen molar-refractivity contribution in [2.45, 2.75) is 41.0 Å². The van der Waals surface area contributed by atoms with E-state index in [4.69, 9.17) is 0 Å². The fourth-order valence-electron chi connectivity index (χ4n) is 3.28. The highest BCUT2D eigenvalue weighted by Crippen LogP contribution is 2.24. The Labute approximate surface area is 159 Å². The maximum atomic E-state index is 4.65. The van der Waals surface area contributed by atoms with Gasteiger partial charge in [0.25, 0.3) is 0 Å². The first kappa shape index (κ1) is 17.5. The molecule has 0 radical (unpaired) electrons. The number of hydrazine groups is 1. The zero-order valence-electron chi connectivity index (χ0n) is 16.3. The molecule has 1 aromatic carbocycles. The number of para-hydroxylation sites is 1. The molecule has 3 heterocycles. The highest BCUT2D eigenvalue weighted by Gasteiger charge is 2.22. The van der Waals surface area contributed by atoms with Crippen molar-refractivity contribution in [3.8, 4) is 0 Å². The quantitative estimate of drug-likeness (QED) is 0.699. The molecule has 1 aliphatic heterocycles. The van der Waals surface area contributed by atoms with Crippen molar-refractivity contribution in [3.05, 3.63) is 64.7 Å². The highest BCUT2D eigenvalue weighted by atomic mass is 15.7. The molecule has 0 amide bonds. The molecule has 0 atom stereocenters. The van der Waals surface area contributed by atoms with Gasteiger partial charge in [-0.3, -0.25) is 19.4 Å². The van der Waals surface area contributed by atoms with Gasteiger partial charge >= 0.3 is 0 Å². The Morgan fingerprint density at radius 1 is 0.889 bits per heavy atom. The van der Waals surface area contributed by atoms with Crippen LogP contribution in [0.1, 0.15) is 28.1 Å². The summed E-state index contributed by atoms with van der Waals surface area (Å²) in [5, 5.41) is 13.7. The van der Waals surface area contributed by atoms with Gasteiger partial charge in [0.15, 0.2) is 0 Å². The van der Waals surface area contributed by atoms with Crippen LogP contribution in [0.2, 0.25) is 0 Å². The van der Waals surface area contributed by atoms with Gasteiger partial charge in [0.2, 0.25) is 0 Å². The van der Waals surface area contributed by atoms with Crippen LogP contribution in [-0.4, -0.2) is 37.5 Å². The fourth-order valence-corrected chi connectivity index (χ4v) is 3.28. The van der Waals surface area contributed by atoms with Crippen LogP contribution in [0.15, 0.2) is 41.7 Å². The lowest BCUT2D eigenvalue weighted by Crippen LogP contribution is -2.46. The van der Waals surface area contributed by atoms with Gasteiger partial charge < -0.3 is 0 Å². The topological polar surface area (TPSA) is 54.5 Å². The zero-order valence-corrected chi connectivity index (χ0v) is 16.3. The number of hydrogen-bond donors (Lipinski definition) is 0. The molecule has 1 aliphatic rings. The molecule has 0 bridgehead atoms. The lowest BCUT2D eigenvalue weighted by atomic mass is 10.2. The van der Waals surface area contributed by atoms with E-state index in [1.54, 1.807) is 0 Å². The molecule has 7 heteroatoms. The number of aryl methyl sites for hydroxylation is 4. The summed E-state index contributed by atoms with van der Waals surface area (Å²) in [6.07, 6.45) is 6.11. The van der Waals surface area contributed by atoms with Crippen molar-refractivity contribution in [2.75, 3.05) is 11.7 Å². The fraction of sp³-hybridized carbons (Fsp3) is 0.350. The van der Waals surface area contributed by atoms with E-state index in [1.807, 2.05) is 35.5 Å². The molecule has 0 saturated heterocycles. The van der Waals surface area contributed by atoms with Crippen LogP contribution in [0.25, 0.3) is 0 Å². The predicted molar refractivity (Wildman–Crippen MR) is 107 cm³/mol. The first-order chi connectivity index (χ1) is 13.0. The number of anilines is 1. The summed E-state index contributed by atoms with van der Waals surface area (Å²) in [6, 6.07) is 8.33. The van der Waals surface area contributed by atoms with Crippen LogP contribution in [0.5, 0.6) is 0 Å². The van der Waals surface area contributed by atoms with Crippen LogP contribution in [0.4, 0.5) is 5.69 Å². The average molecular weight is 363 g/mol. The third kappa shape index (κ3) is 3.50. The van der Waals surface area contributed by atoms with Crippen LogP contribution >= 0.6 is 0 Å². The Hall–Kier alpha value is -2.93. The maximum absolute atomic E-state index is 4.65. The van der Waals surface area contributed by atoms with Crippen molar-refractivity contribution >= 4 is 11.9 Å². The number of fused-ring (bicyclic) bond motifs is 1. The summed E-state index contributed by atoms with van der Waals surface area (Å²) >= 11 is 0. The van der Waals surface area contributed by atoms with Crippen LogP contribution in [0, 0.1) is 27.7 Å². The Morgan fingerprint density at radius 2 is 1.48 bits per heavy atom. The van der Waals surface area contributed by atoms with E-state index in [0.29, 0.717) is 20.0 Å². The van der Waals surface area contributed by atoms with Crippen molar-refractivity contribution < 1.29 is 0 Å². The minimum atomic E-state index is 0.579. The second-order valence-corrected chi connectivity index (χ2v) is 7.07. The van der Waals surface area contributed by atoms with Gasteiger partial charge in [-0.1, -0.05) is 18.2 Å². The van der Waals surface area contributed by atoms with E-state index < -0.39 is 0 Å². The molecule has 140 valence electrons. The molecule has 0 fully saturated rings. The summed E-state index contributed by atoms with van der Waals surface area (Å²) in [7, 11) is 0. The number of nitrogens with zero attached hydrogens (tertiary/aromatic N) is 7. The Kier molecular flexibility index (Phi) is 4.53. The van der Waals surface area contributed by atoms with Gasteiger partial charge in [-0.2, -0.15) is 15.2 Å². The van der Waals surface area contributed by atoms with Crippen LogP contribution < -0.4 is 5.01 Å². The minimum Gasteiger partial charge on any atom is -0.280 e. The molecule has 0 saturated carbocycles. The third-order valence-corrected chi connectivity index (χ3v) is 5.00. The van der Waals surface area contributed by atoms with Crippen LogP contribution in [0.3, 0.4) is 0 Å². The number of aromatic nitrogens is 4. The van der Waals surface area contributed by atoms with Crippen molar-refractivity contribution in [1.82, 2.24) is 24.6 Å². The molecule has 4 rings (SSSR count). The SMILES string of the molecule is Cc1cn(CN(Cn2cc(C)c(C)n2)N2CN=Cc3ccccc32)nc1C. The first-order valence-corrected chi connectivity index (χ1v) is 9.14. The standard InChI is InChI=1S/C20H25N7/c1-15-10-24(22-17(15)3)13-26(14-25-11-16(2)18(4)23-25)27-12-21-9-19-7-5-6-8-20(19)27/h5-11H,12-14H2,1-4H3. The largest absolute Gasteiger partial charge is 0.280 e. The van der Waals surface area contributed by atoms with Gasteiger partial charge in [-0.05, 0) is 44.9 Å². The van der Waals surface area contributed by atoms with Crippen molar-refractivity contribution in [2.24, 2.45) is 4.99 Å². The number of benzene rings is 1. The molecule has 7 nitrogen and oxygen atoms in total. The summed E-state index contributed by atoms with van der Waals surface area (Å²) in [5.41, 5.74) is 6.76. The molecular formula is C20H25N7. The number of aliphatic imine (C=N–C) groups is 1. The molecule has 0 aliphatic carbocycles. The van der Waals surface area contributed by atoms with E-state index in [1.165, 1.54) is 11.1 Å². The Morgan fingerprint density at radius 3 is 2.04 bits per heavy atom. The molecule has 0 spiro atoms. The van der Waals surface area contributed by atoms with E-state index in [-0.39, 0.29) is 0 Å². The molecule has 0 unspecified atom stereocenters. The lowest BCUT2D eigenvalue weighted by molar-refractivity contribution is 0.135. The Bertz CT molecular complexity index is 895. The molecule has 2 aromatic heterocycles. The number of hydrogen-bond acceptors (Lipinski definition) is 5. The van der Waals surface area contributed by atoms with Gasteiger partial charge in [0.05, 0.1) is 17.1 Å². The zero-order chi connectivity index (χ0) is 19.0. The average Bonchev–Trinajstić information content (AvgIpc) is 3.14. The summed E-state index contributed by atoms with van der Waals surface area (Å²) in [6.45, 7) is 10.1. The smallest absolute Gasteiger partial charge is 0.125 e. The van der Waals surface area contributed by atoms with Crippen molar-refractivity contribution in [1.29, 1.82) is 0 Å². The van der Waals surface area contributed by atoms with Crippen molar-refractivity contribution in [3.63, 3.8) is 0 Å². The second-order valence-electron chi connectivity index (χ2n) is 7.07. The van der Waals surface area contributed by atoms with E-state index in [2.05, 4.69) is 69.6 Å². The van der Waals surface area contributed by atoms with E-state index >= 15 is 0 Å². The summed E-state index contributed by atoms with van der Waals surface area (Å²) in [5.74, 6) is 0. The maximum Gasteiger partial charge on any atom is 0.125 e. The van der Waals surface area contributed by atoms with Crippen LogP contribution in [-0.2, 0) is 13.3 Å². The van der Waals surface area contributed by atoms with Gasteiger partial charge in [0.1, 0.15) is 20.0 Å². The second kappa shape index (κ2) is 7.00. The Balaban J connectivity index is 1.68. The normalized spacial score (nSPS) is 13.4. The molecule has 0 N–H and O–H groups in total. The van der Waals surface area contributed by atoms with Gasteiger partial charge in [-0.25, -0.2) is 0 Å². The third-order valence-electron chi connectivity index (χ3n) is 5.00. The molecular weight excluding hydrogens is 338 g/mol. The molecule has 27 heavy (non-hydrogen) atoms. The number of rotatable bonds is 5. The molecule has 3 aromatic rings. The van der Waals surface area contributed by atoms with Gasteiger partial charge in [0, 0.05) is 24.2 Å². The predicted octanol–water partition coefficient (Wildman–Crippen LogP) is 3.04. The van der Waals surface area contributed by atoms with E-state index in [0.717, 1.165) is 22.6 Å². The lowest BCUT2D eigenvalue weighted by Gasteiger charge is -2.37.